The van der Waals surface area contributed by atoms with Crippen molar-refractivity contribution >= 4 is 17.3 Å². The number of amides is 1. The van der Waals surface area contributed by atoms with Crippen LogP contribution in [0.15, 0.2) is 42.7 Å². The number of nitrogens with one attached hydrogen (secondary N) is 2. The van der Waals surface area contributed by atoms with Crippen LogP contribution in [-0.4, -0.2) is 28.9 Å². The van der Waals surface area contributed by atoms with E-state index >= 15 is 0 Å². The van der Waals surface area contributed by atoms with E-state index in [1.54, 1.807) is 18.3 Å². The van der Waals surface area contributed by atoms with Crippen LogP contribution in [0.25, 0.3) is 0 Å². The van der Waals surface area contributed by atoms with Crippen LogP contribution in [0.4, 0.5) is 11.4 Å². The Morgan fingerprint density at radius 2 is 2.17 bits per heavy atom. The zero-order valence-corrected chi connectivity index (χ0v) is 12.0. The van der Waals surface area contributed by atoms with Gasteiger partial charge < -0.3 is 10.6 Å². The third-order valence-corrected chi connectivity index (χ3v) is 2.98. The normalized spacial score (nSPS) is 9.70. The minimum atomic E-state index is -0.557. The average molecular weight is 311 g/mol. The molecule has 0 unspecified atom stereocenters. The molecule has 0 aliphatic heterocycles. The van der Waals surface area contributed by atoms with Gasteiger partial charge in [-0.25, -0.2) is 0 Å². The van der Waals surface area contributed by atoms with Crippen LogP contribution in [0.5, 0.6) is 0 Å². The molecule has 0 aliphatic rings. The van der Waals surface area contributed by atoms with Gasteiger partial charge in [-0.1, -0.05) is 0 Å². The molecule has 8 heteroatoms. The number of non-ortho nitro benzene ring substituents is 1. The Labute approximate surface area is 131 Å². The number of hydrogen-bond donors (Lipinski definition) is 2. The molecule has 0 saturated carbocycles. The van der Waals surface area contributed by atoms with E-state index in [1.807, 2.05) is 6.07 Å². The Morgan fingerprint density at radius 1 is 1.35 bits per heavy atom. The zero-order valence-electron chi connectivity index (χ0n) is 12.0. The van der Waals surface area contributed by atoms with Gasteiger partial charge in [0.2, 0.25) is 0 Å². The van der Waals surface area contributed by atoms with E-state index in [-0.39, 0.29) is 17.2 Å². The molecular weight excluding hydrogens is 298 g/mol. The second kappa shape index (κ2) is 7.51. The highest BCUT2D eigenvalue weighted by Crippen LogP contribution is 2.20. The Balaban J connectivity index is 1.88. The Hall–Kier alpha value is -3.47. The highest BCUT2D eigenvalue weighted by Gasteiger charge is 2.10. The van der Waals surface area contributed by atoms with Gasteiger partial charge in [0.15, 0.2) is 0 Å². The van der Waals surface area contributed by atoms with Gasteiger partial charge in [0.05, 0.1) is 21.7 Å². The molecule has 1 amide bonds. The number of pyridine rings is 1. The summed E-state index contributed by atoms with van der Waals surface area (Å²) in [4.78, 5) is 25.8. The third-order valence-electron chi connectivity index (χ3n) is 2.98. The predicted octanol–water partition coefficient (Wildman–Crippen LogP) is 1.70. The number of hydrogen-bond acceptors (Lipinski definition) is 6. The van der Waals surface area contributed by atoms with E-state index in [2.05, 4.69) is 15.6 Å². The Morgan fingerprint density at radius 3 is 2.83 bits per heavy atom. The fraction of sp³-hybridized carbons (Fsp3) is 0.133. The Kier molecular flexibility index (Phi) is 5.20. The quantitative estimate of drug-likeness (QED) is 0.476. The SMILES string of the molecule is N#Cc1cc([N+](=O)[O-])ccc1NCCNC(=O)c1cccnc1. The van der Waals surface area contributed by atoms with Crippen molar-refractivity contribution in [1.29, 1.82) is 5.26 Å². The summed E-state index contributed by atoms with van der Waals surface area (Å²) in [6.45, 7) is 0.702. The van der Waals surface area contributed by atoms with Crippen LogP contribution in [0.3, 0.4) is 0 Å². The van der Waals surface area contributed by atoms with Crippen LogP contribution >= 0.6 is 0 Å². The minimum absolute atomic E-state index is 0.142. The van der Waals surface area contributed by atoms with Gasteiger partial charge in [0.25, 0.3) is 11.6 Å². The van der Waals surface area contributed by atoms with Crippen LogP contribution in [-0.2, 0) is 0 Å². The number of nitriles is 1. The van der Waals surface area contributed by atoms with Gasteiger partial charge >= 0.3 is 0 Å². The summed E-state index contributed by atoms with van der Waals surface area (Å²) in [5.41, 5.74) is 0.976. The molecule has 0 spiro atoms. The molecule has 0 saturated heterocycles. The smallest absolute Gasteiger partial charge is 0.270 e. The lowest BCUT2D eigenvalue weighted by Gasteiger charge is -2.09. The molecule has 2 N–H and O–H groups in total. The van der Waals surface area contributed by atoms with Crippen molar-refractivity contribution in [3.63, 3.8) is 0 Å². The first-order valence-electron chi connectivity index (χ1n) is 6.72. The lowest BCUT2D eigenvalue weighted by Crippen LogP contribution is -2.28. The van der Waals surface area contributed by atoms with E-state index in [0.29, 0.717) is 24.3 Å². The van der Waals surface area contributed by atoms with Crippen LogP contribution < -0.4 is 10.6 Å². The number of nitrogens with zero attached hydrogens (tertiary/aromatic N) is 3. The zero-order chi connectivity index (χ0) is 16.7. The molecule has 0 atom stereocenters. The number of rotatable bonds is 6. The van der Waals surface area contributed by atoms with Gasteiger partial charge in [-0.05, 0) is 18.2 Å². The monoisotopic (exact) mass is 311 g/mol. The molecule has 1 aromatic carbocycles. The van der Waals surface area contributed by atoms with Gasteiger partial charge in [-0.3, -0.25) is 19.9 Å². The van der Waals surface area contributed by atoms with Gasteiger partial charge in [0.1, 0.15) is 6.07 Å². The lowest BCUT2D eigenvalue weighted by molar-refractivity contribution is -0.384. The number of aromatic nitrogens is 1. The van der Waals surface area contributed by atoms with Crippen molar-refractivity contribution in [3.8, 4) is 6.07 Å². The highest BCUT2D eigenvalue weighted by molar-refractivity contribution is 5.93. The predicted molar refractivity (Wildman–Crippen MR) is 82.9 cm³/mol. The van der Waals surface area contributed by atoms with Gasteiger partial charge in [-0.15, -0.1) is 0 Å². The second-order valence-corrected chi connectivity index (χ2v) is 4.52. The standard InChI is InChI=1S/C15H13N5O3/c16-9-12-8-13(20(22)23)3-4-14(12)18-6-7-19-15(21)11-2-1-5-17-10-11/h1-5,8,10,18H,6-7H2,(H,19,21). The number of nitro groups is 1. The van der Waals surface area contributed by atoms with Crippen LogP contribution in [0, 0.1) is 21.4 Å². The van der Waals surface area contributed by atoms with Crippen molar-refractivity contribution in [2.24, 2.45) is 0 Å². The van der Waals surface area contributed by atoms with E-state index in [1.165, 1.54) is 24.4 Å². The summed E-state index contributed by atoms with van der Waals surface area (Å²) in [6, 6.07) is 9.22. The number of carbonyl (C=O) groups excluding carboxylic acids is 1. The summed E-state index contributed by atoms with van der Waals surface area (Å²) in [5, 5.41) is 25.4. The number of anilines is 1. The van der Waals surface area contributed by atoms with E-state index in [4.69, 9.17) is 5.26 Å². The molecule has 2 aromatic rings. The Bertz CT molecular complexity index is 755. The van der Waals surface area contributed by atoms with E-state index in [9.17, 15) is 14.9 Å². The number of nitro benzene ring substituents is 1. The maximum atomic E-state index is 11.8. The fourth-order valence-electron chi connectivity index (χ4n) is 1.86. The minimum Gasteiger partial charge on any atom is -0.382 e. The number of benzene rings is 1. The molecule has 0 fully saturated rings. The molecule has 0 bridgehead atoms. The summed E-state index contributed by atoms with van der Waals surface area (Å²) in [6.07, 6.45) is 3.04. The average Bonchev–Trinajstić information content (AvgIpc) is 2.59. The largest absolute Gasteiger partial charge is 0.382 e. The van der Waals surface area contributed by atoms with Crippen LogP contribution in [0.1, 0.15) is 15.9 Å². The summed E-state index contributed by atoms with van der Waals surface area (Å²) in [7, 11) is 0. The van der Waals surface area contributed by atoms with Crippen molar-refractivity contribution in [2.45, 2.75) is 0 Å². The van der Waals surface area contributed by atoms with Crippen molar-refractivity contribution in [3.05, 3.63) is 64.0 Å². The molecule has 0 radical (unpaired) electrons. The summed E-state index contributed by atoms with van der Waals surface area (Å²) in [5.74, 6) is -0.246. The topological polar surface area (TPSA) is 121 Å². The van der Waals surface area contributed by atoms with Crippen molar-refractivity contribution in [1.82, 2.24) is 10.3 Å². The summed E-state index contributed by atoms with van der Waals surface area (Å²) >= 11 is 0. The van der Waals surface area contributed by atoms with Crippen molar-refractivity contribution in [2.75, 3.05) is 18.4 Å². The molecule has 1 aromatic heterocycles. The lowest BCUT2D eigenvalue weighted by atomic mass is 10.1. The molecule has 1 heterocycles. The molecule has 2 rings (SSSR count). The highest BCUT2D eigenvalue weighted by atomic mass is 16.6. The van der Waals surface area contributed by atoms with Gasteiger partial charge in [-0.2, -0.15) is 5.26 Å². The molecule has 116 valence electrons. The second-order valence-electron chi connectivity index (χ2n) is 4.52. The fourth-order valence-corrected chi connectivity index (χ4v) is 1.86. The molecule has 8 nitrogen and oxygen atoms in total. The van der Waals surface area contributed by atoms with E-state index < -0.39 is 4.92 Å². The van der Waals surface area contributed by atoms with E-state index in [0.717, 1.165) is 0 Å². The van der Waals surface area contributed by atoms with Crippen LogP contribution in [0.2, 0.25) is 0 Å². The van der Waals surface area contributed by atoms with Crippen molar-refractivity contribution < 1.29 is 9.72 Å². The first kappa shape index (κ1) is 15.9. The number of carbonyl (C=O) groups is 1. The molecular formula is C15H13N5O3. The third kappa shape index (κ3) is 4.25. The summed E-state index contributed by atoms with van der Waals surface area (Å²) < 4.78 is 0. The van der Waals surface area contributed by atoms with Gasteiger partial charge in [0, 0.05) is 37.6 Å². The molecule has 23 heavy (non-hydrogen) atoms. The maximum absolute atomic E-state index is 11.8. The molecule has 0 aliphatic carbocycles. The first-order chi connectivity index (χ1) is 11.1. The maximum Gasteiger partial charge on any atom is 0.270 e. The first-order valence-corrected chi connectivity index (χ1v) is 6.72.